The first kappa shape index (κ1) is 14.3. The molecule has 7 heteroatoms. The van der Waals surface area contributed by atoms with Gasteiger partial charge in [-0.3, -0.25) is 9.59 Å². The van der Waals surface area contributed by atoms with Crippen molar-refractivity contribution in [3.05, 3.63) is 35.9 Å². The van der Waals surface area contributed by atoms with Gasteiger partial charge in [-0.25, -0.2) is 8.42 Å². The van der Waals surface area contributed by atoms with Crippen LogP contribution in [-0.4, -0.2) is 36.4 Å². The summed E-state index contributed by atoms with van der Waals surface area (Å²) in [5.74, 6) is -2.37. The zero-order chi connectivity index (χ0) is 14.0. The molecule has 0 saturated carbocycles. The van der Waals surface area contributed by atoms with Crippen molar-refractivity contribution in [1.82, 2.24) is 0 Å². The average Bonchev–Trinajstić information content (AvgIpc) is 2.26. The molecule has 0 heterocycles. The number of ketones is 1. The van der Waals surface area contributed by atoms with Gasteiger partial charge in [0.25, 0.3) is 0 Å². The highest BCUT2D eigenvalue weighted by atomic mass is 32.2. The predicted molar refractivity (Wildman–Crippen MR) is 64.8 cm³/mol. The minimum atomic E-state index is -4.06. The van der Waals surface area contributed by atoms with Crippen molar-refractivity contribution in [2.75, 3.05) is 6.26 Å². The molecule has 18 heavy (non-hydrogen) atoms. The maximum atomic E-state index is 12.1. The van der Waals surface area contributed by atoms with Crippen LogP contribution in [-0.2, 0) is 14.6 Å². The third-order valence-corrected chi connectivity index (χ3v) is 4.15. The molecule has 0 aliphatic heterocycles. The number of sulfone groups is 1. The fourth-order valence-electron chi connectivity index (χ4n) is 1.44. The van der Waals surface area contributed by atoms with Gasteiger partial charge in [0, 0.05) is 11.8 Å². The van der Waals surface area contributed by atoms with Crippen molar-refractivity contribution in [2.45, 2.75) is 11.3 Å². The molecule has 1 aromatic carbocycles. The van der Waals surface area contributed by atoms with E-state index in [4.69, 9.17) is 10.8 Å². The van der Waals surface area contributed by atoms with Crippen LogP contribution >= 0.6 is 0 Å². The van der Waals surface area contributed by atoms with E-state index >= 15 is 0 Å². The Bertz CT molecular complexity index is 566. The Morgan fingerprint density at radius 2 is 1.78 bits per heavy atom. The molecule has 6 nitrogen and oxygen atoms in total. The molecule has 1 atom stereocenters. The van der Waals surface area contributed by atoms with Crippen LogP contribution in [0.1, 0.15) is 16.8 Å². The van der Waals surface area contributed by atoms with Gasteiger partial charge in [0.15, 0.2) is 20.5 Å². The van der Waals surface area contributed by atoms with Crippen LogP contribution < -0.4 is 5.73 Å². The Hall–Kier alpha value is -1.73. The summed E-state index contributed by atoms with van der Waals surface area (Å²) in [6.45, 7) is 0. The molecule has 1 rings (SSSR count). The Morgan fingerprint density at radius 3 is 2.17 bits per heavy atom. The van der Waals surface area contributed by atoms with E-state index in [-0.39, 0.29) is 5.56 Å². The van der Waals surface area contributed by atoms with Crippen molar-refractivity contribution in [3.8, 4) is 0 Å². The molecule has 1 aromatic rings. The molecule has 1 unspecified atom stereocenters. The highest BCUT2D eigenvalue weighted by Crippen LogP contribution is 2.21. The molecular formula is C11H13NO5S. The highest BCUT2D eigenvalue weighted by molar-refractivity contribution is 7.92. The second kappa shape index (κ2) is 4.87. The van der Waals surface area contributed by atoms with Gasteiger partial charge in [-0.15, -0.1) is 0 Å². The lowest BCUT2D eigenvalue weighted by molar-refractivity contribution is -0.137. The normalized spacial score (nSPS) is 14.8. The second-order valence-electron chi connectivity index (χ2n) is 3.93. The monoisotopic (exact) mass is 271 g/mol. The lowest BCUT2D eigenvalue weighted by Gasteiger charge is -2.24. The van der Waals surface area contributed by atoms with Gasteiger partial charge in [-0.2, -0.15) is 0 Å². The summed E-state index contributed by atoms with van der Waals surface area (Å²) >= 11 is 0. The van der Waals surface area contributed by atoms with Crippen LogP contribution in [0.25, 0.3) is 0 Å². The minimum Gasteiger partial charge on any atom is -0.481 e. The van der Waals surface area contributed by atoms with Crippen LogP contribution in [0.2, 0.25) is 0 Å². The van der Waals surface area contributed by atoms with Crippen molar-refractivity contribution in [1.29, 1.82) is 0 Å². The van der Waals surface area contributed by atoms with Gasteiger partial charge in [-0.05, 0) is 0 Å². The average molecular weight is 271 g/mol. The van der Waals surface area contributed by atoms with Gasteiger partial charge in [0.1, 0.15) is 0 Å². The quantitative estimate of drug-likeness (QED) is 0.731. The standard InChI is InChI=1S/C11H13NO5S/c1-18(16,17)11(12,7-9(13)14)10(15)8-5-3-2-4-6-8/h2-6H,7,12H2,1H3,(H,13,14). The number of carbonyl (C=O) groups is 2. The number of Topliss-reactive ketones (excluding diaryl/α,β-unsaturated/α-hetero) is 1. The number of carbonyl (C=O) groups excluding carboxylic acids is 1. The number of hydrogen-bond donors (Lipinski definition) is 2. The third-order valence-electron chi connectivity index (χ3n) is 2.50. The molecule has 0 fully saturated rings. The van der Waals surface area contributed by atoms with Crippen LogP contribution in [0.5, 0.6) is 0 Å². The van der Waals surface area contributed by atoms with Gasteiger partial charge in [0.05, 0.1) is 6.42 Å². The number of carboxylic acids is 1. The summed E-state index contributed by atoms with van der Waals surface area (Å²) in [6, 6.07) is 7.49. The molecule has 0 bridgehead atoms. The number of benzene rings is 1. The zero-order valence-electron chi connectivity index (χ0n) is 9.66. The van der Waals surface area contributed by atoms with Crippen molar-refractivity contribution in [2.24, 2.45) is 5.73 Å². The molecule has 0 aromatic heterocycles. The number of aliphatic carboxylic acids is 1. The molecule has 0 spiro atoms. The lowest BCUT2D eigenvalue weighted by atomic mass is 10.0. The molecule has 0 aliphatic rings. The SMILES string of the molecule is CS(=O)(=O)C(N)(CC(=O)O)C(=O)c1ccccc1. The summed E-state index contributed by atoms with van der Waals surface area (Å²) in [6.07, 6.45) is -0.226. The molecular weight excluding hydrogens is 258 g/mol. The minimum absolute atomic E-state index is 0.0617. The summed E-state index contributed by atoms with van der Waals surface area (Å²) in [7, 11) is -4.06. The van der Waals surface area contributed by atoms with E-state index in [2.05, 4.69) is 0 Å². The van der Waals surface area contributed by atoms with E-state index in [1.54, 1.807) is 6.07 Å². The van der Waals surface area contributed by atoms with E-state index < -0.39 is 32.9 Å². The summed E-state index contributed by atoms with van der Waals surface area (Å²) < 4.78 is 23.2. The van der Waals surface area contributed by atoms with Crippen LogP contribution in [0.3, 0.4) is 0 Å². The fraction of sp³-hybridized carbons (Fsp3) is 0.273. The topological polar surface area (TPSA) is 115 Å². The molecule has 98 valence electrons. The number of carboxylic acid groups (broad SMARTS) is 1. The summed E-state index contributed by atoms with van der Waals surface area (Å²) in [5, 5.41) is 8.71. The summed E-state index contributed by atoms with van der Waals surface area (Å²) in [5.41, 5.74) is 5.59. The maximum absolute atomic E-state index is 12.1. The van der Waals surface area contributed by atoms with E-state index in [0.717, 1.165) is 6.26 Å². The van der Waals surface area contributed by atoms with E-state index in [1.807, 2.05) is 0 Å². The molecule has 0 amide bonds. The fourth-order valence-corrected chi connectivity index (χ4v) is 2.28. The zero-order valence-corrected chi connectivity index (χ0v) is 10.5. The van der Waals surface area contributed by atoms with Gasteiger partial charge < -0.3 is 10.8 Å². The van der Waals surface area contributed by atoms with Crippen LogP contribution in [0.15, 0.2) is 30.3 Å². The molecule has 0 aliphatic carbocycles. The summed E-state index contributed by atoms with van der Waals surface area (Å²) in [4.78, 5) is 20.3. The largest absolute Gasteiger partial charge is 0.481 e. The first-order chi connectivity index (χ1) is 8.18. The molecule has 0 saturated heterocycles. The van der Waals surface area contributed by atoms with Gasteiger partial charge >= 0.3 is 5.97 Å². The Labute approximate surface area is 104 Å². The van der Waals surface area contributed by atoms with Crippen LogP contribution in [0, 0.1) is 0 Å². The highest BCUT2D eigenvalue weighted by Gasteiger charge is 2.46. The molecule has 3 N–H and O–H groups in total. The lowest BCUT2D eigenvalue weighted by Crippen LogP contribution is -2.55. The number of rotatable bonds is 5. The van der Waals surface area contributed by atoms with E-state index in [9.17, 15) is 18.0 Å². The van der Waals surface area contributed by atoms with Gasteiger partial charge in [-0.1, -0.05) is 30.3 Å². The van der Waals surface area contributed by atoms with Crippen LogP contribution in [0.4, 0.5) is 0 Å². The second-order valence-corrected chi connectivity index (χ2v) is 6.20. The Morgan fingerprint density at radius 1 is 1.28 bits per heavy atom. The third kappa shape index (κ3) is 2.74. The van der Waals surface area contributed by atoms with E-state index in [0.29, 0.717) is 0 Å². The van der Waals surface area contributed by atoms with E-state index in [1.165, 1.54) is 24.3 Å². The first-order valence-corrected chi connectivity index (χ1v) is 6.88. The Balaban J connectivity index is 3.30. The molecule has 0 radical (unpaired) electrons. The van der Waals surface area contributed by atoms with Crippen molar-refractivity contribution < 1.29 is 23.1 Å². The first-order valence-electron chi connectivity index (χ1n) is 4.98. The smallest absolute Gasteiger partial charge is 0.306 e. The number of nitrogens with two attached hydrogens (primary N) is 1. The maximum Gasteiger partial charge on any atom is 0.306 e. The predicted octanol–water partition coefficient (Wildman–Crippen LogP) is 0.0436. The van der Waals surface area contributed by atoms with Crippen molar-refractivity contribution >= 4 is 21.6 Å². The van der Waals surface area contributed by atoms with Gasteiger partial charge in [0.2, 0.25) is 0 Å². The van der Waals surface area contributed by atoms with Crippen molar-refractivity contribution in [3.63, 3.8) is 0 Å². The number of hydrogen-bond acceptors (Lipinski definition) is 5. The Kier molecular flexibility index (Phi) is 3.88.